The molecule has 0 saturated carbocycles. The van der Waals surface area contributed by atoms with Gasteiger partial charge < -0.3 is 0 Å². The van der Waals surface area contributed by atoms with E-state index in [4.69, 9.17) is 0 Å². The minimum absolute atomic E-state index is 0.339. The molecule has 0 unspecified atom stereocenters. The average molecular weight is 186 g/mol. The van der Waals surface area contributed by atoms with Gasteiger partial charge in [0, 0.05) is 5.39 Å². The molecule has 2 aromatic rings. The number of benzene rings is 1. The maximum atomic E-state index is 4.48. The number of azo groups is 1. The van der Waals surface area contributed by atoms with Crippen LogP contribution in [0.5, 0.6) is 0 Å². The van der Waals surface area contributed by atoms with Crippen LogP contribution in [-0.2, 0) is 5.66 Å². The van der Waals surface area contributed by atoms with E-state index in [2.05, 4.69) is 15.3 Å². The van der Waals surface area contributed by atoms with Gasteiger partial charge in [0.25, 0.3) is 0 Å². The molecule has 0 fully saturated rings. The maximum Gasteiger partial charge on any atom is 0.182 e. The van der Waals surface area contributed by atoms with Crippen molar-refractivity contribution in [3.63, 3.8) is 0 Å². The Morgan fingerprint density at radius 2 is 2.00 bits per heavy atom. The van der Waals surface area contributed by atoms with Crippen LogP contribution in [0, 0.1) is 0 Å². The van der Waals surface area contributed by atoms with Crippen LogP contribution in [0.2, 0.25) is 0 Å². The highest BCUT2D eigenvalue weighted by molar-refractivity contribution is 5.88. The molecule has 1 aromatic heterocycles. The Hall–Kier alpha value is -1.71. The van der Waals surface area contributed by atoms with E-state index in [0.29, 0.717) is 0 Å². The van der Waals surface area contributed by atoms with E-state index in [-0.39, 0.29) is 5.66 Å². The predicted molar refractivity (Wildman–Crippen MR) is 53.6 cm³/mol. The molecule has 3 rings (SSSR count). The molecule has 0 aliphatic carbocycles. The van der Waals surface area contributed by atoms with Crippen molar-refractivity contribution in [2.45, 2.75) is 19.5 Å². The summed E-state index contributed by atoms with van der Waals surface area (Å²) in [5.74, 6) is 0.866. The fourth-order valence-corrected chi connectivity index (χ4v) is 1.71. The Bertz CT molecular complexity index is 536. The summed E-state index contributed by atoms with van der Waals surface area (Å²) >= 11 is 0. The van der Waals surface area contributed by atoms with Gasteiger partial charge >= 0.3 is 0 Å². The number of hydrogen-bond acceptors (Lipinski definition) is 3. The molecular weight excluding hydrogens is 176 g/mol. The number of aromatic nitrogens is 2. The first-order valence-electron chi connectivity index (χ1n) is 4.60. The van der Waals surface area contributed by atoms with Crippen LogP contribution in [0.4, 0.5) is 5.82 Å². The number of rotatable bonds is 0. The molecule has 0 saturated heterocycles. The van der Waals surface area contributed by atoms with Crippen LogP contribution in [0.3, 0.4) is 0 Å². The third kappa shape index (κ3) is 0.801. The van der Waals surface area contributed by atoms with Crippen molar-refractivity contribution in [2.24, 2.45) is 10.2 Å². The largest absolute Gasteiger partial charge is 0.216 e. The van der Waals surface area contributed by atoms with Crippen molar-refractivity contribution in [2.75, 3.05) is 0 Å². The standard InChI is InChI=1S/C10H10N4/c1-10(2)13-11-9-7-5-3-4-6-8(7)12-14(9)10/h3-6H,1-2H3. The lowest BCUT2D eigenvalue weighted by atomic mass is 10.2. The Balaban J connectivity index is 2.43. The van der Waals surface area contributed by atoms with E-state index in [1.54, 1.807) is 0 Å². The maximum absolute atomic E-state index is 4.48. The van der Waals surface area contributed by atoms with Crippen LogP contribution < -0.4 is 0 Å². The molecule has 1 aliphatic rings. The summed E-state index contributed by atoms with van der Waals surface area (Å²) in [5.41, 5.74) is 0.642. The molecule has 4 heteroatoms. The quantitative estimate of drug-likeness (QED) is 0.623. The highest BCUT2D eigenvalue weighted by Gasteiger charge is 2.30. The zero-order valence-corrected chi connectivity index (χ0v) is 8.10. The van der Waals surface area contributed by atoms with Gasteiger partial charge in [-0.1, -0.05) is 12.1 Å². The Morgan fingerprint density at radius 3 is 2.86 bits per heavy atom. The normalized spacial score (nSPS) is 17.6. The second kappa shape index (κ2) is 2.20. The molecule has 14 heavy (non-hydrogen) atoms. The first-order valence-corrected chi connectivity index (χ1v) is 4.60. The fourth-order valence-electron chi connectivity index (χ4n) is 1.71. The third-order valence-corrected chi connectivity index (χ3v) is 2.46. The average Bonchev–Trinajstić information content (AvgIpc) is 2.65. The first kappa shape index (κ1) is 7.67. The molecule has 1 aliphatic heterocycles. The second-order valence-electron chi connectivity index (χ2n) is 3.95. The lowest BCUT2D eigenvalue weighted by Crippen LogP contribution is -2.20. The second-order valence-corrected chi connectivity index (χ2v) is 3.95. The monoisotopic (exact) mass is 186 g/mol. The molecule has 0 atom stereocenters. The lowest BCUT2D eigenvalue weighted by molar-refractivity contribution is 0.356. The van der Waals surface area contributed by atoms with Crippen LogP contribution in [0.1, 0.15) is 13.8 Å². The SMILES string of the molecule is CC1(C)N=Nc2c3ccccc3nn21. The molecule has 70 valence electrons. The first-order chi connectivity index (χ1) is 6.68. The minimum atomic E-state index is -0.339. The van der Waals surface area contributed by atoms with E-state index in [9.17, 15) is 0 Å². The third-order valence-electron chi connectivity index (χ3n) is 2.46. The molecule has 0 spiro atoms. The summed E-state index contributed by atoms with van der Waals surface area (Å²) in [7, 11) is 0. The van der Waals surface area contributed by atoms with Gasteiger partial charge in [0.15, 0.2) is 11.5 Å². The zero-order chi connectivity index (χ0) is 9.76. The predicted octanol–water partition coefficient (Wildman–Crippen LogP) is 2.83. The molecule has 2 heterocycles. The van der Waals surface area contributed by atoms with E-state index in [1.165, 1.54) is 0 Å². The summed E-state index contributed by atoms with van der Waals surface area (Å²) in [5, 5.41) is 13.9. The van der Waals surface area contributed by atoms with Gasteiger partial charge in [-0.05, 0) is 26.0 Å². The Kier molecular flexibility index (Phi) is 1.21. The summed E-state index contributed by atoms with van der Waals surface area (Å²) < 4.78 is 1.87. The highest BCUT2D eigenvalue weighted by atomic mass is 15.5. The number of nitrogens with zero attached hydrogens (tertiary/aromatic N) is 4. The van der Waals surface area contributed by atoms with E-state index in [0.717, 1.165) is 16.7 Å². The molecule has 0 N–H and O–H groups in total. The van der Waals surface area contributed by atoms with Gasteiger partial charge in [0.05, 0.1) is 5.52 Å². The molecule has 0 amide bonds. The van der Waals surface area contributed by atoms with E-state index < -0.39 is 0 Å². The van der Waals surface area contributed by atoms with Gasteiger partial charge in [-0.25, -0.2) is 4.68 Å². The Labute approximate surface area is 81.3 Å². The lowest BCUT2D eigenvalue weighted by Gasteiger charge is -2.12. The van der Waals surface area contributed by atoms with Crippen LogP contribution >= 0.6 is 0 Å². The van der Waals surface area contributed by atoms with Gasteiger partial charge in [-0.2, -0.15) is 10.2 Å². The molecule has 4 nitrogen and oxygen atoms in total. The van der Waals surface area contributed by atoms with Gasteiger partial charge in [-0.3, -0.25) is 0 Å². The summed E-state index contributed by atoms with van der Waals surface area (Å²) in [6.07, 6.45) is 0. The van der Waals surface area contributed by atoms with Crippen molar-refractivity contribution >= 4 is 16.7 Å². The van der Waals surface area contributed by atoms with Crippen LogP contribution in [0.15, 0.2) is 34.5 Å². The fraction of sp³-hybridized carbons (Fsp3) is 0.300. The van der Waals surface area contributed by atoms with Crippen molar-refractivity contribution in [1.29, 1.82) is 0 Å². The minimum Gasteiger partial charge on any atom is -0.216 e. The van der Waals surface area contributed by atoms with Crippen molar-refractivity contribution in [3.8, 4) is 0 Å². The van der Waals surface area contributed by atoms with Gasteiger partial charge in [0.1, 0.15) is 0 Å². The number of fused-ring (bicyclic) bond motifs is 3. The van der Waals surface area contributed by atoms with Crippen LogP contribution in [-0.4, -0.2) is 9.78 Å². The van der Waals surface area contributed by atoms with Crippen molar-refractivity contribution in [3.05, 3.63) is 24.3 Å². The van der Waals surface area contributed by atoms with Crippen molar-refractivity contribution < 1.29 is 0 Å². The van der Waals surface area contributed by atoms with E-state index in [1.807, 2.05) is 42.8 Å². The highest BCUT2D eigenvalue weighted by Crippen LogP contribution is 2.37. The molecular formula is C10H10N4. The Morgan fingerprint density at radius 1 is 1.21 bits per heavy atom. The molecule has 0 radical (unpaired) electrons. The van der Waals surface area contributed by atoms with Gasteiger partial charge in [0.2, 0.25) is 0 Å². The summed E-state index contributed by atoms with van der Waals surface area (Å²) in [6, 6.07) is 7.99. The topological polar surface area (TPSA) is 42.5 Å². The summed E-state index contributed by atoms with van der Waals surface area (Å²) in [4.78, 5) is 0. The number of hydrogen-bond donors (Lipinski definition) is 0. The van der Waals surface area contributed by atoms with Crippen LogP contribution in [0.25, 0.3) is 10.9 Å². The molecule has 1 aromatic carbocycles. The van der Waals surface area contributed by atoms with E-state index >= 15 is 0 Å². The molecule has 0 bridgehead atoms. The smallest absolute Gasteiger partial charge is 0.182 e. The zero-order valence-electron chi connectivity index (χ0n) is 8.10. The van der Waals surface area contributed by atoms with Crippen molar-refractivity contribution in [1.82, 2.24) is 9.78 Å². The van der Waals surface area contributed by atoms with Gasteiger partial charge in [-0.15, -0.1) is 5.11 Å². The summed E-state index contributed by atoms with van der Waals surface area (Å²) in [6.45, 7) is 4.00.